The summed E-state index contributed by atoms with van der Waals surface area (Å²) in [6.07, 6.45) is 0.271. The van der Waals surface area contributed by atoms with E-state index in [1.807, 2.05) is 45.0 Å². The largest absolute Gasteiger partial charge is 0.324 e. The second-order valence-corrected chi connectivity index (χ2v) is 10.6. The third kappa shape index (κ3) is 4.73. The summed E-state index contributed by atoms with van der Waals surface area (Å²) in [7, 11) is 0. The zero-order valence-corrected chi connectivity index (χ0v) is 21.1. The molecule has 0 radical (unpaired) electrons. The molecule has 2 N–H and O–H groups in total. The minimum atomic E-state index is -0.213. The molecule has 184 valence electrons. The van der Waals surface area contributed by atoms with Crippen molar-refractivity contribution in [1.29, 1.82) is 0 Å². The van der Waals surface area contributed by atoms with Gasteiger partial charge in [0.25, 0.3) is 5.56 Å². The Morgan fingerprint density at radius 2 is 1.83 bits per heavy atom. The third-order valence-electron chi connectivity index (χ3n) is 6.91. The smallest absolute Gasteiger partial charge is 0.259 e. The molecule has 2 amide bonds. The number of amides is 2. The van der Waals surface area contributed by atoms with Crippen molar-refractivity contribution >= 4 is 44.7 Å². The van der Waals surface area contributed by atoms with Gasteiger partial charge in [-0.1, -0.05) is 12.1 Å². The number of thiophene rings is 1. The number of hydrogen-bond acceptors (Lipinski definition) is 7. The predicted octanol–water partition coefficient (Wildman–Crippen LogP) is 2.48. The Bertz CT molecular complexity index is 1340. The van der Waals surface area contributed by atoms with E-state index in [1.165, 1.54) is 0 Å². The molecule has 10 heteroatoms. The second kappa shape index (κ2) is 9.52. The fourth-order valence-electron chi connectivity index (χ4n) is 4.93. The number of carbonyl (C=O) groups excluding carboxylic acids is 2. The van der Waals surface area contributed by atoms with Crippen molar-refractivity contribution in [3.05, 3.63) is 50.9 Å². The Labute approximate surface area is 207 Å². The van der Waals surface area contributed by atoms with Crippen LogP contribution in [0.4, 0.5) is 11.4 Å². The molecule has 35 heavy (non-hydrogen) atoms. The molecule has 0 saturated carbocycles. The Morgan fingerprint density at radius 1 is 1.11 bits per heavy atom. The molecule has 9 nitrogen and oxygen atoms in total. The zero-order valence-electron chi connectivity index (χ0n) is 20.3. The number of aromatic nitrogens is 2. The SMILES string of the molecule is Cc1sc2nc(CN3CCN(CC(=O)N4c5ccccc5NC(=O)C[C@@H]4C)CC3)[nH]c(=O)c2c1C. The molecule has 2 aliphatic rings. The lowest BCUT2D eigenvalue weighted by Crippen LogP contribution is -2.51. The van der Waals surface area contributed by atoms with Gasteiger partial charge in [0, 0.05) is 43.5 Å². The monoisotopic (exact) mass is 494 g/mol. The number of piperazine rings is 1. The molecule has 1 fully saturated rings. The van der Waals surface area contributed by atoms with Crippen molar-refractivity contribution in [2.75, 3.05) is 42.9 Å². The fraction of sp³-hybridized carbons (Fsp3) is 0.440. The van der Waals surface area contributed by atoms with Crippen LogP contribution in [0.25, 0.3) is 10.2 Å². The maximum atomic E-state index is 13.3. The van der Waals surface area contributed by atoms with Gasteiger partial charge in [0.05, 0.1) is 29.9 Å². The van der Waals surface area contributed by atoms with Crippen LogP contribution < -0.4 is 15.8 Å². The van der Waals surface area contributed by atoms with E-state index in [2.05, 4.69) is 20.1 Å². The van der Waals surface area contributed by atoms with E-state index >= 15 is 0 Å². The van der Waals surface area contributed by atoms with Crippen molar-refractivity contribution in [3.63, 3.8) is 0 Å². The topological polar surface area (TPSA) is 102 Å². The van der Waals surface area contributed by atoms with E-state index in [4.69, 9.17) is 4.98 Å². The summed E-state index contributed by atoms with van der Waals surface area (Å²) >= 11 is 1.56. The lowest BCUT2D eigenvalue weighted by molar-refractivity contribution is -0.120. The van der Waals surface area contributed by atoms with E-state index in [0.29, 0.717) is 30.0 Å². The van der Waals surface area contributed by atoms with Gasteiger partial charge in [-0.05, 0) is 38.5 Å². The van der Waals surface area contributed by atoms with Crippen LogP contribution >= 0.6 is 11.3 Å². The highest BCUT2D eigenvalue weighted by Crippen LogP contribution is 2.31. The second-order valence-electron chi connectivity index (χ2n) is 9.41. The van der Waals surface area contributed by atoms with Crippen LogP contribution in [0, 0.1) is 13.8 Å². The number of anilines is 2. The van der Waals surface area contributed by atoms with Crippen LogP contribution in [0.5, 0.6) is 0 Å². The molecule has 5 rings (SSSR count). The quantitative estimate of drug-likeness (QED) is 0.578. The van der Waals surface area contributed by atoms with Gasteiger partial charge >= 0.3 is 0 Å². The van der Waals surface area contributed by atoms with E-state index in [1.54, 1.807) is 16.2 Å². The van der Waals surface area contributed by atoms with E-state index in [9.17, 15) is 14.4 Å². The number of fused-ring (bicyclic) bond motifs is 2. The minimum absolute atomic E-state index is 0.00483. The van der Waals surface area contributed by atoms with Crippen LogP contribution in [-0.4, -0.2) is 70.3 Å². The number of H-pyrrole nitrogens is 1. The lowest BCUT2D eigenvalue weighted by Gasteiger charge is -2.36. The highest BCUT2D eigenvalue weighted by Gasteiger charge is 2.31. The van der Waals surface area contributed by atoms with Crippen LogP contribution in [0.3, 0.4) is 0 Å². The first-order valence-corrected chi connectivity index (χ1v) is 12.8. The molecule has 1 saturated heterocycles. The van der Waals surface area contributed by atoms with Crippen molar-refractivity contribution < 1.29 is 9.59 Å². The number of hydrogen-bond donors (Lipinski definition) is 2. The van der Waals surface area contributed by atoms with Crippen LogP contribution in [0.2, 0.25) is 0 Å². The van der Waals surface area contributed by atoms with E-state index in [-0.39, 0.29) is 29.8 Å². The normalized spacial score (nSPS) is 19.5. The highest BCUT2D eigenvalue weighted by atomic mass is 32.1. The summed E-state index contributed by atoms with van der Waals surface area (Å²) in [4.78, 5) is 53.9. The maximum absolute atomic E-state index is 13.3. The van der Waals surface area contributed by atoms with Crippen molar-refractivity contribution in [1.82, 2.24) is 19.8 Å². The molecule has 3 aromatic rings. The van der Waals surface area contributed by atoms with E-state index < -0.39 is 0 Å². The Hall–Kier alpha value is -3.08. The number of nitrogens with zero attached hydrogens (tertiary/aromatic N) is 4. The number of para-hydroxylation sites is 2. The summed E-state index contributed by atoms with van der Waals surface area (Å²) in [6, 6.07) is 7.25. The maximum Gasteiger partial charge on any atom is 0.259 e. The number of aryl methyl sites for hydroxylation is 2. The fourth-order valence-corrected chi connectivity index (χ4v) is 5.98. The zero-order chi connectivity index (χ0) is 24.7. The molecule has 0 aliphatic carbocycles. The number of rotatable bonds is 4. The third-order valence-corrected chi connectivity index (χ3v) is 8.01. The van der Waals surface area contributed by atoms with Crippen LogP contribution in [0.1, 0.15) is 29.6 Å². The standard InChI is InChI=1S/C25H30N6O3S/c1-15-12-21(32)26-18-6-4-5-7-19(18)31(15)22(33)14-30-10-8-29(9-11-30)13-20-27-24(34)23-16(2)17(3)35-25(23)28-20/h4-7,15H,8-14H2,1-3H3,(H,26,32)(H,27,28,34)/t15-/m0/s1. The van der Waals surface area contributed by atoms with Crippen LogP contribution in [0.15, 0.2) is 29.1 Å². The molecular formula is C25H30N6O3S. The Morgan fingerprint density at radius 3 is 2.60 bits per heavy atom. The predicted molar refractivity (Wildman–Crippen MR) is 138 cm³/mol. The van der Waals surface area contributed by atoms with Gasteiger partial charge in [-0.25, -0.2) is 4.98 Å². The Balaban J connectivity index is 1.22. The number of benzene rings is 1. The summed E-state index contributed by atoms with van der Waals surface area (Å²) in [5.41, 5.74) is 2.36. The van der Waals surface area contributed by atoms with Gasteiger partial charge in [-0.3, -0.25) is 24.2 Å². The molecule has 1 aromatic carbocycles. The summed E-state index contributed by atoms with van der Waals surface area (Å²) in [6.45, 7) is 9.83. The van der Waals surface area contributed by atoms with Gasteiger partial charge in [-0.2, -0.15) is 0 Å². The lowest BCUT2D eigenvalue weighted by atomic mass is 10.1. The first-order chi connectivity index (χ1) is 16.8. The van der Waals surface area contributed by atoms with Gasteiger partial charge in [-0.15, -0.1) is 11.3 Å². The Kier molecular flexibility index (Phi) is 6.43. The van der Waals surface area contributed by atoms with Crippen molar-refractivity contribution in [2.45, 2.75) is 39.8 Å². The summed E-state index contributed by atoms with van der Waals surface area (Å²) < 4.78 is 0. The highest BCUT2D eigenvalue weighted by molar-refractivity contribution is 7.18. The van der Waals surface area contributed by atoms with E-state index in [0.717, 1.165) is 47.1 Å². The number of nitrogens with one attached hydrogen (secondary N) is 2. The molecule has 2 aromatic heterocycles. The minimum Gasteiger partial charge on any atom is -0.324 e. The first kappa shape index (κ1) is 23.7. The number of aromatic amines is 1. The van der Waals surface area contributed by atoms with Gasteiger partial charge < -0.3 is 15.2 Å². The van der Waals surface area contributed by atoms with Crippen LogP contribution in [-0.2, 0) is 16.1 Å². The molecular weight excluding hydrogens is 464 g/mol. The average Bonchev–Trinajstić information content (AvgIpc) is 3.01. The van der Waals surface area contributed by atoms with Crippen molar-refractivity contribution in [3.8, 4) is 0 Å². The summed E-state index contributed by atoms with van der Waals surface area (Å²) in [5, 5.41) is 3.60. The molecule has 4 heterocycles. The average molecular weight is 495 g/mol. The first-order valence-electron chi connectivity index (χ1n) is 11.9. The molecule has 0 unspecified atom stereocenters. The number of carbonyl (C=O) groups is 2. The molecule has 2 aliphatic heterocycles. The summed E-state index contributed by atoms with van der Waals surface area (Å²) in [5.74, 6) is 0.599. The molecule has 0 bridgehead atoms. The van der Waals surface area contributed by atoms with Gasteiger partial charge in [0.1, 0.15) is 10.7 Å². The van der Waals surface area contributed by atoms with Gasteiger partial charge in [0.2, 0.25) is 11.8 Å². The van der Waals surface area contributed by atoms with Crippen molar-refractivity contribution in [2.24, 2.45) is 0 Å². The van der Waals surface area contributed by atoms with Gasteiger partial charge in [0.15, 0.2) is 0 Å². The molecule has 0 spiro atoms. The molecule has 1 atom stereocenters.